The first-order valence-electron chi connectivity index (χ1n) is 12.2. The average molecular weight is 517 g/mol. The van der Waals surface area contributed by atoms with E-state index in [0.717, 1.165) is 11.1 Å². The molecule has 0 saturated carbocycles. The Labute approximate surface area is 221 Å². The first-order valence-corrected chi connectivity index (χ1v) is 12.2. The number of hydrogen-bond acceptors (Lipinski definition) is 7. The largest absolute Gasteiger partial charge is 0.497 e. The zero-order valence-electron chi connectivity index (χ0n) is 22.4. The van der Waals surface area contributed by atoms with Crippen LogP contribution in [0.4, 0.5) is 5.69 Å². The van der Waals surface area contributed by atoms with E-state index in [-0.39, 0.29) is 12.5 Å². The van der Waals surface area contributed by atoms with Crippen molar-refractivity contribution in [1.29, 1.82) is 0 Å². The van der Waals surface area contributed by atoms with Crippen molar-refractivity contribution in [3.63, 3.8) is 0 Å². The van der Waals surface area contributed by atoms with Crippen LogP contribution < -0.4 is 15.0 Å². The molecule has 2 aromatic carbocycles. The molecule has 1 unspecified atom stereocenters. The minimum Gasteiger partial charge on any atom is -0.497 e. The zero-order valence-corrected chi connectivity index (χ0v) is 22.4. The van der Waals surface area contributed by atoms with Crippen LogP contribution in [0.3, 0.4) is 0 Å². The quantitative estimate of drug-likeness (QED) is 0.372. The number of tetrazole rings is 1. The molecule has 0 aliphatic heterocycles. The van der Waals surface area contributed by atoms with Gasteiger partial charge in [0.1, 0.15) is 23.8 Å². The van der Waals surface area contributed by atoms with E-state index in [1.807, 2.05) is 52.0 Å². The standard InChI is InChI=1S/C28H32N6O4/c1-18-7-10-20(11-8-18)26-30-32-33(31-26)17-24(35)34(21-12-14-22(37-6)15-13-21)25(23-16-9-19(2)38-23)27(36)29-28(3,4)5/h7-16,25H,17H2,1-6H3,(H,29,36). The second-order valence-electron chi connectivity index (χ2n) is 10.1. The summed E-state index contributed by atoms with van der Waals surface area (Å²) in [6, 6.07) is 17.0. The summed E-state index contributed by atoms with van der Waals surface area (Å²) in [6.07, 6.45) is 0. The molecule has 2 heterocycles. The molecule has 2 amide bonds. The van der Waals surface area contributed by atoms with Crippen LogP contribution in [-0.2, 0) is 16.1 Å². The van der Waals surface area contributed by atoms with Crippen molar-refractivity contribution in [2.45, 2.75) is 52.7 Å². The molecule has 4 aromatic rings. The molecule has 0 aliphatic carbocycles. The lowest BCUT2D eigenvalue weighted by Crippen LogP contribution is -2.50. The van der Waals surface area contributed by atoms with Crippen molar-refractivity contribution < 1.29 is 18.7 Å². The maximum Gasteiger partial charge on any atom is 0.251 e. The fourth-order valence-corrected chi connectivity index (χ4v) is 3.92. The highest BCUT2D eigenvalue weighted by Crippen LogP contribution is 2.31. The molecule has 0 saturated heterocycles. The third kappa shape index (κ3) is 6.26. The molecule has 0 aliphatic rings. The van der Waals surface area contributed by atoms with Crippen LogP contribution in [0.15, 0.2) is 65.1 Å². The second kappa shape index (κ2) is 10.9. The number of amides is 2. The summed E-state index contributed by atoms with van der Waals surface area (Å²) in [4.78, 5) is 30.2. The third-order valence-corrected chi connectivity index (χ3v) is 5.69. The van der Waals surface area contributed by atoms with Crippen LogP contribution in [0, 0.1) is 13.8 Å². The van der Waals surface area contributed by atoms with Gasteiger partial charge in [-0.1, -0.05) is 29.8 Å². The van der Waals surface area contributed by atoms with Gasteiger partial charge in [0.2, 0.25) is 5.82 Å². The number of anilines is 1. The molecular weight excluding hydrogens is 484 g/mol. The van der Waals surface area contributed by atoms with E-state index >= 15 is 0 Å². The number of rotatable bonds is 8. The van der Waals surface area contributed by atoms with E-state index in [2.05, 4.69) is 20.7 Å². The maximum atomic E-state index is 13.9. The van der Waals surface area contributed by atoms with Crippen molar-refractivity contribution in [2.75, 3.05) is 12.0 Å². The van der Waals surface area contributed by atoms with Crippen molar-refractivity contribution in [3.8, 4) is 17.1 Å². The van der Waals surface area contributed by atoms with Gasteiger partial charge in [-0.25, -0.2) is 0 Å². The molecule has 0 radical (unpaired) electrons. The normalized spacial score (nSPS) is 12.2. The first-order chi connectivity index (χ1) is 18.0. The summed E-state index contributed by atoms with van der Waals surface area (Å²) in [5, 5.41) is 15.6. The molecule has 0 bridgehead atoms. The highest BCUT2D eigenvalue weighted by Gasteiger charge is 2.37. The Balaban J connectivity index is 1.72. The number of nitrogens with zero attached hydrogens (tertiary/aromatic N) is 5. The minimum atomic E-state index is -1.08. The van der Waals surface area contributed by atoms with Crippen LogP contribution >= 0.6 is 0 Å². The Hall–Kier alpha value is -4.47. The summed E-state index contributed by atoms with van der Waals surface area (Å²) in [5.41, 5.74) is 1.84. The SMILES string of the molecule is COc1ccc(N(C(=O)Cn2nnc(-c3ccc(C)cc3)n2)C(C(=O)NC(C)(C)C)c2ccc(C)o2)cc1. The van der Waals surface area contributed by atoms with Gasteiger partial charge in [0.05, 0.1) is 7.11 Å². The van der Waals surface area contributed by atoms with Crippen molar-refractivity contribution in [1.82, 2.24) is 25.5 Å². The van der Waals surface area contributed by atoms with Gasteiger partial charge in [0.15, 0.2) is 6.04 Å². The van der Waals surface area contributed by atoms with E-state index in [1.165, 1.54) is 9.70 Å². The minimum absolute atomic E-state index is 0.246. The molecule has 2 aromatic heterocycles. The smallest absolute Gasteiger partial charge is 0.251 e. The number of carbonyl (C=O) groups is 2. The van der Waals surface area contributed by atoms with Gasteiger partial charge < -0.3 is 14.5 Å². The molecular formula is C28H32N6O4. The summed E-state index contributed by atoms with van der Waals surface area (Å²) in [5.74, 6) is 1.16. The van der Waals surface area contributed by atoms with Gasteiger partial charge in [-0.05, 0) is 76.2 Å². The van der Waals surface area contributed by atoms with Crippen LogP contribution in [0.25, 0.3) is 11.4 Å². The van der Waals surface area contributed by atoms with Crippen LogP contribution in [0.5, 0.6) is 5.75 Å². The number of methoxy groups -OCH3 is 1. The Morgan fingerprint density at radius 3 is 2.29 bits per heavy atom. The second-order valence-corrected chi connectivity index (χ2v) is 10.1. The predicted octanol–water partition coefficient (Wildman–Crippen LogP) is 4.25. The third-order valence-electron chi connectivity index (χ3n) is 5.69. The van der Waals surface area contributed by atoms with Gasteiger partial charge in [0, 0.05) is 16.8 Å². The monoisotopic (exact) mass is 516 g/mol. The Morgan fingerprint density at radius 2 is 1.71 bits per heavy atom. The summed E-state index contributed by atoms with van der Waals surface area (Å²) >= 11 is 0. The number of hydrogen-bond donors (Lipinski definition) is 1. The number of aryl methyl sites for hydroxylation is 2. The topological polar surface area (TPSA) is 115 Å². The van der Waals surface area contributed by atoms with Crippen LogP contribution in [0.1, 0.15) is 43.9 Å². The number of aromatic nitrogens is 4. The van der Waals surface area contributed by atoms with Gasteiger partial charge in [-0.15, -0.1) is 10.2 Å². The van der Waals surface area contributed by atoms with E-state index in [0.29, 0.717) is 28.8 Å². The number of carbonyl (C=O) groups excluding carboxylic acids is 2. The van der Waals surface area contributed by atoms with E-state index in [4.69, 9.17) is 9.15 Å². The first kappa shape index (κ1) is 26.6. The van der Waals surface area contributed by atoms with Gasteiger partial charge in [0.25, 0.3) is 11.8 Å². The highest BCUT2D eigenvalue weighted by molar-refractivity contribution is 6.01. The Kier molecular flexibility index (Phi) is 7.61. The average Bonchev–Trinajstić information content (AvgIpc) is 3.50. The zero-order chi connectivity index (χ0) is 27.4. The maximum absolute atomic E-state index is 13.9. The van der Waals surface area contributed by atoms with Gasteiger partial charge >= 0.3 is 0 Å². The van der Waals surface area contributed by atoms with Crippen molar-refractivity contribution in [3.05, 3.63) is 77.7 Å². The van der Waals surface area contributed by atoms with Crippen LogP contribution in [0.2, 0.25) is 0 Å². The van der Waals surface area contributed by atoms with Crippen molar-refractivity contribution >= 4 is 17.5 Å². The lowest BCUT2D eigenvalue weighted by Gasteiger charge is -2.32. The fourth-order valence-electron chi connectivity index (χ4n) is 3.92. The van der Waals surface area contributed by atoms with Gasteiger partial charge in [-0.3, -0.25) is 14.5 Å². The molecule has 198 valence electrons. The fraction of sp³-hybridized carbons (Fsp3) is 0.321. The molecule has 1 N–H and O–H groups in total. The molecule has 10 nitrogen and oxygen atoms in total. The lowest BCUT2D eigenvalue weighted by atomic mass is 10.1. The highest BCUT2D eigenvalue weighted by atomic mass is 16.5. The summed E-state index contributed by atoms with van der Waals surface area (Å²) < 4.78 is 11.2. The Bertz CT molecular complexity index is 1400. The summed E-state index contributed by atoms with van der Waals surface area (Å²) in [7, 11) is 1.56. The van der Waals surface area contributed by atoms with Gasteiger partial charge in [-0.2, -0.15) is 4.80 Å². The molecule has 10 heteroatoms. The van der Waals surface area contributed by atoms with E-state index in [1.54, 1.807) is 50.4 Å². The number of furan rings is 1. The summed E-state index contributed by atoms with van der Waals surface area (Å²) in [6.45, 7) is 9.16. The molecule has 1 atom stereocenters. The molecule has 4 rings (SSSR count). The van der Waals surface area contributed by atoms with E-state index in [9.17, 15) is 9.59 Å². The number of nitrogens with one attached hydrogen (secondary N) is 1. The molecule has 0 fully saturated rings. The predicted molar refractivity (Wildman–Crippen MR) is 143 cm³/mol. The number of benzene rings is 2. The Morgan fingerprint density at radius 1 is 1.03 bits per heavy atom. The van der Waals surface area contributed by atoms with Crippen molar-refractivity contribution in [2.24, 2.45) is 0 Å². The number of ether oxygens (including phenoxy) is 1. The molecule has 0 spiro atoms. The van der Waals surface area contributed by atoms with Crippen LogP contribution in [-0.4, -0.2) is 44.7 Å². The molecule has 38 heavy (non-hydrogen) atoms. The lowest BCUT2D eigenvalue weighted by molar-refractivity contribution is -0.128. The van der Waals surface area contributed by atoms with E-state index < -0.39 is 17.5 Å².